The van der Waals surface area contributed by atoms with E-state index in [1.807, 2.05) is 0 Å². The lowest BCUT2D eigenvalue weighted by Gasteiger charge is -2.00. The standard InChI is InChI=1S/C11H10FN7O/c1-18-6-8(4-13-18)14-11(20)16-10-15-9-3-2-7(12)5-19(9)17-10/h2-6H,1H3,(H2,14,16,17,20). The van der Waals surface area contributed by atoms with Crippen molar-refractivity contribution in [1.82, 2.24) is 24.4 Å². The summed E-state index contributed by atoms with van der Waals surface area (Å²) in [4.78, 5) is 15.7. The maximum Gasteiger partial charge on any atom is 0.326 e. The second-order valence-corrected chi connectivity index (χ2v) is 4.07. The van der Waals surface area contributed by atoms with E-state index in [0.717, 1.165) is 0 Å². The van der Waals surface area contributed by atoms with Crippen LogP contribution in [0.25, 0.3) is 5.65 Å². The number of pyridine rings is 1. The van der Waals surface area contributed by atoms with Gasteiger partial charge in [0.25, 0.3) is 5.95 Å². The van der Waals surface area contributed by atoms with E-state index < -0.39 is 11.8 Å². The van der Waals surface area contributed by atoms with Crippen molar-refractivity contribution in [1.29, 1.82) is 0 Å². The van der Waals surface area contributed by atoms with Gasteiger partial charge in [0.05, 0.1) is 18.1 Å². The average molecular weight is 275 g/mol. The van der Waals surface area contributed by atoms with Gasteiger partial charge >= 0.3 is 6.03 Å². The van der Waals surface area contributed by atoms with Crippen LogP contribution in [0.1, 0.15) is 0 Å². The quantitative estimate of drug-likeness (QED) is 0.736. The van der Waals surface area contributed by atoms with Gasteiger partial charge in [-0.1, -0.05) is 0 Å². The summed E-state index contributed by atoms with van der Waals surface area (Å²) < 4.78 is 15.8. The summed E-state index contributed by atoms with van der Waals surface area (Å²) >= 11 is 0. The van der Waals surface area contributed by atoms with Crippen molar-refractivity contribution in [3.8, 4) is 0 Å². The van der Waals surface area contributed by atoms with Gasteiger partial charge in [-0.2, -0.15) is 10.1 Å². The van der Waals surface area contributed by atoms with Crippen LogP contribution < -0.4 is 10.6 Å². The van der Waals surface area contributed by atoms with E-state index in [2.05, 4.69) is 25.8 Å². The molecule has 3 aromatic heterocycles. The molecule has 8 nitrogen and oxygen atoms in total. The van der Waals surface area contributed by atoms with E-state index in [-0.39, 0.29) is 5.95 Å². The van der Waals surface area contributed by atoms with Crippen LogP contribution in [-0.2, 0) is 7.05 Å². The van der Waals surface area contributed by atoms with Gasteiger partial charge in [-0.05, 0) is 12.1 Å². The highest BCUT2D eigenvalue weighted by molar-refractivity contribution is 5.98. The highest BCUT2D eigenvalue weighted by Crippen LogP contribution is 2.08. The number of rotatable bonds is 2. The summed E-state index contributed by atoms with van der Waals surface area (Å²) in [5, 5.41) is 12.9. The van der Waals surface area contributed by atoms with Crippen LogP contribution in [0.15, 0.2) is 30.7 Å². The van der Waals surface area contributed by atoms with Crippen molar-refractivity contribution in [2.75, 3.05) is 10.6 Å². The zero-order chi connectivity index (χ0) is 14.1. The summed E-state index contributed by atoms with van der Waals surface area (Å²) in [6.07, 6.45) is 4.32. The minimum absolute atomic E-state index is 0.0805. The van der Waals surface area contributed by atoms with Crippen molar-refractivity contribution in [3.05, 3.63) is 36.5 Å². The largest absolute Gasteiger partial charge is 0.326 e. The fraction of sp³-hybridized carbons (Fsp3) is 0.0909. The number of urea groups is 1. The Kier molecular flexibility index (Phi) is 2.78. The number of halogens is 1. The lowest BCUT2D eigenvalue weighted by atomic mass is 10.5. The first-order chi connectivity index (χ1) is 9.60. The first-order valence-corrected chi connectivity index (χ1v) is 5.69. The Bertz CT molecular complexity index is 778. The minimum atomic E-state index is -0.505. The van der Waals surface area contributed by atoms with Crippen molar-refractivity contribution < 1.29 is 9.18 Å². The Morgan fingerprint density at radius 1 is 1.30 bits per heavy atom. The summed E-state index contributed by atoms with van der Waals surface area (Å²) in [5.74, 6) is -0.356. The van der Waals surface area contributed by atoms with Gasteiger partial charge < -0.3 is 5.32 Å². The molecule has 0 atom stereocenters. The molecule has 2 amide bonds. The van der Waals surface area contributed by atoms with Gasteiger partial charge in [0.1, 0.15) is 5.82 Å². The molecule has 0 bridgehead atoms. The third-order valence-corrected chi connectivity index (χ3v) is 2.48. The summed E-state index contributed by atoms with van der Waals surface area (Å²) in [6, 6.07) is 2.23. The van der Waals surface area contributed by atoms with Gasteiger partial charge in [0.15, 0.2) is 5.65 Å². The van der Waals surface area contributed by atoms with Crippen LogP contribution in [0, 0.1) is 5.82 Å². The minimum Gasteiger partial charge on any atom is -0.305 e. The second-order valence-electron chi connectivity index (χ2n) is 4.07. The van der Waals surface area contributed by atoms with E-state index >= 15 is 0 Å². The Labute approximate surface area is 112 Å². The average Bonchev–Trinajstić information content (AvgIpc) is 2.94. The number of hydrogen-bond acceptors (Lipinski definition) is 4. The maximum absolute atomic E-state index is 13.0. The molecular weight excluding hydrogens is 265 g/mol. The number of aromatic nitrogens is 5. The Morgan fingerprint density at radius 3 is 2.90 bits per heavy atom. The SMILES string of the molecule is Cn1cc(NC(=O)Nc2nc3ccc(F)cn3n2)cn1. The van der Waals surface area contributed by atoms with E-state index in [1.165, 1.54) is 29.0 Å². The van der Waals surface area contributed by atoms with Gasteiger partial charge in [-0.3, -0.25) is 10.00 Å². The third-order valence-electron chi connectivity index (χ3n) is 2.48. The fourth-order valence-electron chi connectivity index (χ4n) is 1.66. The molecule has 0 saturated carbocycles. The Hall–Kier alpha value is -2.97. The predicted molar refractivity (Wildman–Crippen MR) is 68.8 cm³/mol. The third kappa shape index (κ3) is 2.41. The molecule has 0 saturated heterocycles. The highest BCUT2D eigenvalue weighted by atomic mass is 19.1. The first kappa shape index (κ1) is 12.1. The molecule has 20 heavy (non-hydrogen) atoms. The van der Waals surface area contributed by atoms with Crippen LogP contribution in [0.5, 0.6) is 0 Å². The zero-order valence-electron chi connectivity index (χ0n) is 10.4. The lowest BCUT2D eigenvalue weighted by molar-refractivity contribution is 0.262. The number of carbonyl (C=O) groups is 1. The van der Waals surface area contributed by atoms with Crippen LogP contribution in [0.2, 0.25) is 0 Å². The van der Waals surface area contributed by atoms with E-state index in [1.54, 1.807) is 17.9 Å². The topological polar surface area (TPSA) is 89.1 Å². The summed E-state index contributed by atoms with van der Waals surface area (Å²) in [5.41, 5.74) is 0.975. The molecule has 0 aliphatic rings. The Balaban J connectivity index is 1.73. The number of hydrogen-bond donors (Lipinski definition) is 2. The second kappa shape index (κ2) is 4.61. The molecule has 2 N–H and O–H groups in total. The molecule has 3 heterocycles. The molecule has 0 aliphatic carbocycles. The lowest BCUT2D eigenvalue weighted by Crippen LogP contribution is -2.20. The number of nitrogens with one attached hydrogen (secondary N) is 2. The number of fused-ring (bicyclic) bond motifs is 1. The number of amides is 2. The number of anilines is 2. The monoisotopic (exact) mass is 275 g/mol. The van der Waals surface area contributed by atoms with Gasteiger partial charge in [0.2, 0.25) is 0 Å². The van der Waals surface area contributed by atoms with E-state index in [9.17, 15) is 9.18 Å². The molecule has 0 aromatic carbocycles. The maximum atomic E-state index is 13.0. The fourth-order valence-corrected chi connectivity index (χ4v) is 1.66. The molecule has 0 radical (unpaired) electrons. The number of aryl methyl sites for hydroxylation is 1. The molecule has 0 spiro atoms. The predicted octanol–water partition coefficient (Wildman–Crippen LogP) is 1.25. The van der Waals surface area contributed by atoms with Gasteiger partial charge in [-0.15, -0.1) is 5.10 Å². The van der Waals surface area contributed by atoms with Gasteiger partial charge in [0, 0.05) is 13.2 Å². The van der Waals surface area contributed by atoms with Crippen molar-refractivity contribution >= 4 is 23.3 Å². The molecule has 3 aromatic rings. The number of nitrogens with zero attached hydrogens (tertiary/aromatic N) is 5. The van der Waals surface area contributed by atoms with Gasteiger partial charge in [-0.25, -0.2) is 13.7 Å². The van der Waals surface area contributed by atoms with Crippen molar-refractivity contribution in [3.63, 3.8) is 0 Å². The summed E-state index contributed by atoms with van der Waals surface area (Å²) in [7, 11) is 1.74. The summed E-state index contributed by atoms with van der Waals surface area (Å²) in [6.45, 7) is 0. The normalized spacial score (nSPS) is 10.7. The van der Waals surface area contributed by atoms with Crippen LogP contribution in [0.4, 0.5) is 20.8 Å². The highest BCUT2D eigenvalue weighted by Gasteiger charge is 2.09. The molecule has 0 aliphatic heterocycles. The van der Waals surface area contributed by atoms with E-state index in [4.69, 9.17) is 0 Å². The zero-order valence-corrected chi connectivity index (χ0v) is 10.4. The molecule has 0 unspecified atom stereocenters. The molecule has 102 valence electrons. The first-order valence-electron chi connectivity index (χ1n) is 5.69. The van der Waals surface area contributed by atoms with Crippen molar-refractivity contribution in [2.45, 2.75) is 0 Å². The Morgan fingerprint density at radius 2 is 2.15 bits per heavy atom. The molecule has 9 heteroatoms. The van der Waals surface area contributed by atoms with Crippen molar-refractivity contribution in [2.24, 2.45) is 7.05 Å². The van der Waals surface area contributed by atoms with E-state index in [0.29, 0.717) is 11.3 Å². The molecule has 0 fully saturated rings. The molecule has 3 rings (SSSR count). The molecular formula is C11H10FN7O. The number of carbonyl (C=O) groups excluding carboxylic acids is 1. The van der Waals surface area contributed by atoms with Crippen LogP contribution in [-0.4, -0.2) is 30.4 Å². The van der Waals surface area contributed by atoms with Crippen LogP contribution >= 0.6 is 0 Å². The van der Waals surface area contributed by atoms with Crippen LogP contribution in [0.3, 0.4) is 0 Å². The smallest absolute Gasteiger partial charge is 0.305 e.